The Hall–Kier alpha value is -0.120. The first-order valence-electron chi connectivity index (χ1n) is 6.25. The van der Waals surface area contributed by atoms with Crippen LogP contribution in [-0.4, -0.2) is 40.8 Å². The van der Waals surface area contributed by atoms with E-state index in [1.165, 1.54) is 0 Å². The Labute approximate surface area is 93.6 Å². The van der Waals surface area contributed by atoms with Crippen LogP contribution < -0.4 is 5.73 Å². The summed E-state index contributed by atoms with van der Waals surface area (Å²) in [7, 11) is 0. The summed E-state index contributed by atoms with van der Waals surface area (Å²) in [6, 6.07) is 0. The fourth-order valence-corrected chi connectivity index (χ4v) is 2.65. The maximum atomic E-state index is 10.7. The summed E-state index contributed by atoms with van der Waals surface area (Å²) in [4.78, 5) is 2.38. The van der Waals surface area contributed by atoms with E-state index in [9.17, 15) is 5.11 Å². The lowest BCUT2D eigenvalue weighted by Gasteiger charge is -2.48. The number of nitrogens with zero attached hydrogens (tertiary/aromatic N) is 1. The molecule has 0 bridgehead atoms. The van der Waals surface area contributed by atoms with Crippen LogP contribution in [0.25, 0.3) is 0 Å². The van der Waals surface area contributed by atoms with Crippen molar-refractivity contribution in [3.8, 4) is 0 Å². The first kappa shape index (κ1) is 12.9. The number of aliphatic hydroxyl groups is 1. The van der Waals surface area contributed by atoms with E-state index in [1.807, 2.05) is 0 Å². The molecular weight excluding hydrogens is 188 g/mol. The molecule has 15 heavy (non-hydrogen) atoms. The molecule has 3 heteroatoms. The molecule has 1 fully saturated rings. The van der Waals surface area contributed by atoms with E-state index in [-0.39, 0.29) is 0 Å². The molecule has 3 N–H and O–H groups in total. The van der Waals surface area contributed by atoms with Crippen molar-refractivity contribution >= 4 is 0 Å². The molecule has 1 heterocycles. The van der Waals surface area contributed by atoms with Crippen LogP contribution in [0.5, 0.6) is 0 Å². The Kier molecular flexibility index (Phi) is 4.15. The van der Waals surface area contributed by atoms with Crippen molar-refractivity contribution in [3.63, 3.8) is 0 Å². The molecule has 0 aromatic heterocycles. The van der Waals surface area contributed by atoms with Gasteiger partial charge in [0.25, 0.3) is 0 Å². The second-order valence-electron chi connectivity index (χ2n) is 4.83. The van der Waals surface area contributed by atoms with E-state index < -0.39 is 11.1 Å². The van der Waals surface area contributed by atoms with Gasteiger partial charge in [0.2, 0.25) is 0 Å². The lowest BCUT2D eigenvalue weighted by atomic mass is 9.71. The highest BCUT2D eigenvalue weighted by Crippen LogP contribution is 2.35. The van der Waals surface area contributed by atoms with Crippen molar-refractivity contribution in [2.75, 3.05) is 19.6 Å². The third-order valence-electron chi connectivity index (χ3n) is 4.32. The number of piperidine rings is 1. The second kappa shape index (κ2) is 4.81. The van der Waals surface area contributed by atoms with E-state index in [0.29, 0.717) is 0 Å². The van der Waals surface area contributed by atoms with Gasteiger partial charge in [0.1, 0.15) is 0 Å². The van der Waals surface area contributed by atoms with Gasteiger partial charge in [-0.3, -0.25) is 0 Å². The zero-order valence-corrected chi connectivity index (χ0v) is 10.4. The summed E-state index contributed by atoms with van der Waals surface area (Å²) in [6.07, 6.45) is 3.34. The molecule has 0 amide bonds. The SMILES string of the molecule is CCN1CCC(O)(C(N)(CC)CC)CC1. The van der Waals surface area contributed by atoms with E-state index in [0.717, 1.165) is 45.3 Å². The van der Waals surface area contributed by atoms with Crippen molar-refractivity contribution in [1.29, 1.82) is 0 Å². The minimum Gasteiger partial charge on any atom is -0.388 e. The molecule has 1 rings (SSSR count). The van der Waals surface area contributed by atoms with Gasteiger partial charge in [-0.1, -0.05) is 20.8 Å². The minimum absolute atomic E-state index is 0.396. The quantitative estimate of drug-likeness (QED) is 0.743. The lowest BCUT2D eigenvalue weighted by molar-refractivity contribution is -0.0827. The third kappa shape index (κ3) is 2.35. The third-order valence-corrected chi connectivity index (χ3v) is 4.32. The van der Waals surface area contributed by atoms with Crippen LogP contribution >= 0.6 is 0 Å². The topological polar surface area (TPSA) is 49.5 Å². The number of hydrogen-bond donors (Lipinski definition) is 2. The molecule has 1 aliphatic heterocycles. The van der Waals surface area contributed by atoms with Crippen LogP contribution in [0.15, 0.2) is 0 Å². The minimum atomic E-state index is -0.651. The van der Waals surface area contributed by atoms with Gasteiger partial charge in [0.05, 0.1) is 5.60 Å². The number of rotatable bonds is 4. The van der Waals surface area contributed by atoms with Gasteiger partial charge in [-0.2, -0.15) is 0 Å². The molecule has 90 valence electrons. The molecule has 0 aliphatic carbocycles. The lowest BCUT2D eigenvalue weighted by Crippen LogP contribution is -2.63. The summed E-state index contributed by atoms with van der Waals surface area (Å²) in [5, 5.41) is 10.7. The van der Waals surface area contributed by atoms with Crippen molar-refractivity contribution in [3.05, 3.63) is 0 Å². The first-order valence-corrected chi connectivity index (χ1v) is 6.25. The van der Waals surface area contributed by atoms with E-state index in [1.54, 1.807) is 0 Å². The Morgan fingerprint density at radius 1 is 1.20 bits per heavy atom. The van der Waals surface area contributed by atoms with E-state index in [4.69, 9.17) is 5.73 Å². The van der Waals surface area contributed by atoms with Gasteiger partial charge >= 0.3 is 0 Å². The molecule has 0 radical (unpaired) electrons. The highest BCUT2D eigenvalue weighted by Gasteiger charge is 2.46. The van der Waals surface area contributed by atoms with Crippen LogP contribution in [-0.2, 0) is 0 Å². The summed E-state index contributed by atoms with van der Waals surface area (Å²) in [5.74, 6) is 0. The van der Waals surface area contributed by atoms with E-state index >= 15 is 0 Å². The average Bonchev–Trinajstić information content (AvgIpc) is 2.29. The van der Waals surface area contributed by atoms with Crippen LogP contribution in [0.2, 0.25) is 0 Å². The first-order chi connectivity index (χ1) is 7.01. The Morgan fingerprint density at radius 2 is 1.67 bits per heavy atom. The van der Waals surface area contributed by atoms with Gasteiger partial charge in [-0.15, -0.1) is 0 Å². The normalized spacial score (nSPS) is 23.0. The standard InChI is InChI=1S/C12H26N2O/c1-4-11(13,5-2)12(15)7-9-14(6-3)10-8-12/h15H,4-10,13H2,1-3H3. The van der Waals surface area contributed by atoms with Crippen molar-refractivity contribution < 1.29 is 5.11 Å². The smallest absolute Gasteiger partial charge is 0.0850 e. The second-order valence-corrected chi connectivity index (χ2v) is 4.83. The Balaban J connectivity index is 2.68. The van der Waals surface area contributed by atoms with Gasteiger partial charge < -0.3 is 15.7 Å². The van der Waals surface area contributed by atoms with Crippen LogP contribution in [0.4, 0.5) is 0 Å². The molecule has 0 atom stereocenters. The van der Waals surface area contributed by atoms with Gasteiger partial charge in [-0.25, -0.2) is 0 Å². The van der Waals surface area contributed by atoms with Crippen LogP contribution in [0.3, 0.4) is 0 Å². The van der Waals surface area contributed by atoms with Gasteiger partial charge in [-0.05, 0) is 32.2 Å². The number of likely N-dealkylation sites (tertiary alicyclic amines) is 1. The largest absolute Gasteiger partial charge is 0.388 e. The zero-order valence-electron chi connectivity index (χ0n) is 10.4. The number of nitrogens with two attached hydrogens (primary N) is 1. The summed E-state index contributed by atoms with van der Waals surface area (Å²) in [6.45, 7) is 9.35. The maximum absolute atomic E-state index is 10.7. The zero-order chi connectivity index (χ0) is 11.5. The number of hydrogen-bond acceptors (Lipinski definition) is 3. The highest BCUT2D eigenvalue weighted by atomic mass is 16.3. The van der Waals surface area contributed by atoms with Crippen molar-refractivity contribution in [2.45, 2.75) is 57.6 Å². The molecule has 0 saturated carbocycles. The average molecular weight is 214 g/mol. The highest BCUT2D eigenvalue weighted by molar-refractivity contribution is 5.04. The molecule has 0 aromatic rings. The monoisotopic (exact) mass is 214 g/mol. The van der Waals surface area contributed by atoms with Crippen molar-refractivity contribution in [2.24, 2.45) is 5.73 Å². The molecule has 0 aromatic carbocycles. The Bertz CT molecular complexity index is 194. The Morgan fingerprint density at radius 3 is 2.00 bits per heavy atom. The predicted molar refractivity (Wildman–Crippen MR) is 63.8 cm³/mol. The van der Waals surface area contributed by atoms with Crippen LogP contribution in [0.1, 0.15) is 46.5 Å². The summed E-state index contributed by atoms with van der Waals surface area (Å²) < 4.78 is 0. The summed E-state index contributed by atoms with van der Waals surface area (Å²) in [5.41, 5.74) is 5.28. The molecule has 1 saturated heterocycles. The molecular formula is C12H26N2O. The molecule has 1 aliphatic rings. The van der Waals surface area contributed by atoms with Gasteiger partial charge in [0.15, 0.2) is 0 Å². The molecule has 0 unspecified atom stereocenters. The van der Waals surface area contributed by atoms with E-state index in [2.05, 4.69) is 25.7 Å². The molecule has 0 spiro atoms. The van der Waals surface area contributed by atoms with Gasteiger partial charge in [0, 0.05) is 18.6 Å². The predicted octanol–water partition coefficient (Wildman–Crippen LogP) is 1.35. The maximum Gasteiger partial charge on any atom is 0.0850 e. The fraction of sp³-hybridized carbons (Fsp3) is 1.00. The summed E-state index contributed by atoms with van der Waals surface area (Å²) >= 11 is 0. The van der Waals surface area contributed by atoms with Crippen molar-refractivity contribution in [1.82, 2.24) is 4.90 Å². The van der Waals surface area contributed by atoms with Crippen LogP contribution in [0, 0.1) is 0 Å². The fourth-order valence-electron chi connectivity index (χ4n) is 2.65. The molecule has 3 nitrogen and oxygen atoms in total.